The minimum atomic E-state index is -0.121. The molecular formula is C13H15N3O3. The molecule has 0 bridgehead atoms. The van der Waals surface area contributed by atoms with Crippen LogP contribution in [0.15, 0.2) is 22.6 Å². The van der Waals surface area contributed by atoms with Crippen LogP contribution in [0, 0.1) is 6.92 Å². The molecule has 2 N–H and O–H groups in total. The van der Waals surface area contributed by atoms with E-state index in [0.717, 1.165) is 11.2 Å². The van der Waals surface area contributed by atoms with Crippen molar-refractivity contribution in [1.82, 2.24) is 4.98 Å². The Balaban J connectivity index is 1.95. The van der Waals surface area contributed by atoms with Crippen molar-refractivity contribution in [2.45, 2.75) is 13.0 Å². The highest BCUT2D eigenvalue weighted by molar-refractivity contribution is 5.96. The highest BCUT2D eigenvalue weighted by Crippen LogP contribution is 2.24. The molecule has 19 heavy (non-hydrogen) atoms. The van der Waals surface area contributed by atoms with Gasteiger partial charge in [-0.05, 0) is 12.1 Å². The van der Waals surface area contributed by atoms with Gasteiger partial charge in [-0.3, -0.25) is 4.79 Å². The molecule has 0 spiro atoms. The summed E-state index contributed by atoms with van der Waals surface area (Å²) >= 11 is 0. The monoisotopic (exact) mass is 261 g/mol. The van der Waals surface area contributed by atoms with Crippen LogP contribution < -0.4 is 10.6 Å². The van der Waals surface area contributed by atoms with Crippen LogP contribution in [0.1, 0.15) is 5.89 Å². The fourth-order valence-electron chi connectivity index (χ4n) is 2.21. The summed E-state index contributed by atoms with van der Waals surface area (Å²) < 4.78 is 10.8. The number of anilines is 1. The van der Waals surface area contributed by atoms with E-state index in [4.69, 9.17) is 14.9 Å². The third-order valence-electron chi connectivity index (χ3n) is 3.18. The Kier molecular flexibility index (Phi) is 2.96. The van der Waals surface area contributed by atoms with Gasteiger partial charge in [-0.15, -0.1) is 0 Å². The third-order valence-corrected chi connectivity index (χ3v) is 3.18. The van der Waals surface area contributed by atoms with Crippen LogP contribution in [-0.2, 0) is 9.53 Å². The Hall–Kier alpha value is -1.92. The number of fused-ring (bicyclic) bond motifs is 1. The van der Waals surface area contributed by atoms with Crippen molar-refractivity contribution < 1.29 is 13.9 Å². The summed E-state index contributed by atoms with van der Waals surface area (Å²) in [7, 11) is 0. The van der Waals surface area contributed by atoms with E-state index < -0.39 is 0 Å². The summed E-state index contributed by atoms with van der Waals surface area (Å²) in [5.41, 5.74) is 7.85. The highest BCUT2D eigenvalue weighted by atomic mass is 16.5. The first-order valence-electron chi connectivity index (χ1n) is 6.16. The highest BCUT2D eigenvalue weighted by Gasteiger charge is 2.26. The molecule has 3 rings (SSSR count). The Morgan fingerprint density at radius 3 is 3.16 bits per heavy atom. The standard InChI is InChI=1S/C13H15N3O3/c1-8-15-11-3-2-9(4-12(11)19-8)16-6-10(5-14)18-7-13(16)17/h2-4,10H,5-7,14H2,1H3. The maximum absolute atomic E-state index is 11.9. The van der Waals surface area contributed by atoms with Crippen molar-refractivity contribution in [2.24, 2.45) is 5.73 Å². The van der Waals surface area contributed by atoms with Gasteiger partial charge in [-0.25, -0.2) is 4.98 Å². The van der Waals surface area contributed by atoms with E-state index in [-0.39, 0.29) is 18.6 Å². The van der Waals surface area contributed by atoms with Crippen LogP contribution in [0.2, 0.25) is 0 Å². The number of morpholine rings is 1. The van der Waals surface area contributed by atoms with Gasteiger partial charge in [-0.1, -0.05) is 0 Å². The fraction of sp³-hybridized carbons (Fsp3) is 0.385. The minimum Gasteiger partial charge on any atom is -0.441 e. The lowest BCUT2D eigenvalue weighted by Crippen LogP contribution is -2.49. The lowest BCUT2D eigenvalue weighted by Gasteiger charge is -2.32. The Morgan fingerprint density at radius 2 is 2.37 bits per heavy atom. The summed E-state index contributed by atoms with van der Waals surface area (Å²) in [6.07, 6.45) is -0.121. The van der Waals surface area contributed by atoms with E-state index >= 15 is 0 Å². The van der Waals surface area contributed by atoms with Crippen molar-refractivity contribution in [1.29, 1.82) is 0 Å². The van der Waals surface area contributed by atoms with Crippen molar-refractivity contribution in [2.75, 3.05) is 24.6 Å². The van der Waals surface area contributed by atoms with Crippen molar-refractivity contribution in [3.8, 4) is 0 Å². The number of hydrogen-bond donors (Lipinski definition) is 1. The van der Waals surface area contributed by atoms with Gasteiger partial charge in [0.25, 0.3) is 5.91 Å². The number of aromatic nitrogens is 1. The van der Waals surface area contributed by atoms with Gasteiger partial charge in [0, 0.05) is 25.2 Å². The number of carbonyl (C=O) groups excluding carboxylic acids is 1. The zero-order valence-corrected chi connectivity index (χ0v) is 10.6. The topological polar surface area (TPSA) is 81.6 Å². The van der Waals surface area contributed by atoms with E-state index in [9.17, 15) is 4.79 Å². The van der Waals surface area contributed by atoms with Gasteiger partial charge >= 0.3 is 0 Å². The van der Waals surface area contributed by atoms with Crippen molar-refractivity contribution in [3.63, 3.8) is 0 Å². The SMILES string of the molecule is Cc1nc2ccc(N3CC(CN)OCC3=O)cc2o1. The molecule has 2 heterocycles. The van der Waals surface area contributed by atoms with E-state index in [1.54, 1.807) is 11.8 Å². The summed E-state index contributed by atoms with van der Waals surface area (Å²) in [5.74, 6) is 0.542. The number of oxazole rings is 1. The number of benzene rings is 1. The van der Waals surface area contributed by atoms with Gasteiger partial charge < -0.3 is 19.8 Å². The molecule has 1 atom stereocenters. The summed E-state index contributed by atoms with van der Waals surface area (Å²) in [6, 6.07) is 5.54. The number of rotatable bonds is 2. The van der Waals surface area contributed by atoms with E-state index in [1.165, 1.54) is 0 Å². The molecule has 2 aromatic rings. The molecule has 1 aromatic heterocycles. The fourth-order valence-corrected chi connectivity index (χ4v) is 2.21. The van der Waals surface area contributed by atoms with E-state index in [2.05, 4.69) is 4.98 Å². The predicted molar refractivity (Wildman–Crippen MR) is 69.9 cm³/mol. The van der Waals surface area contributed by atoms with Crippen LogP contribution in [-0.4, -0.2) is 36.7 Å². The Labute approximate surface area is 110 Å². The van der Waals surface area contributed by atoms with Gasteiger partial charge in [0.15, 0.2) is 11.5 Å². The van der Waals surface area contributed by atoms with Crippen LogP contribution in [0.5, 0.6) is 0 Å². The third kappa shape index (κ3) is 2.20. The number of ether oxygens (including phenoxy) is 1. The lowest BCUT2D eigenvalue weighted by atomic mass is 10.2. The van der Waals surface area contributed by atoms with Gasteiger partial charge in [-0.2, -0.15) is 0 Å². The van der Waals surface area contributed by atoms with Crippen LogP contribution >= 0.6 is 0 Å². The number of nitrogens with zero attached hydrogens (tertiary/aromatic N) is 2. The second kappa shape index (κ2) is 4.64. The van der Waals surface area contributed by atoms with Crippen molar-refractivity contribution in [3.05, 3.63) is 24.1 Å². The molecule has 1 amide bonds. The average molecular weight is 261 g/mol. The molecule has 6 nitrogen and oxygen atoms in total. The van der Waals surface area contributed by atoms with Crippen LogP contribution in [0.3, 0.4) is 0 Å². The second-order valence-electron chi connectivity index (χ2n) is 4.56. The zero-order valence-electron chi connectivity index (χ0n) is 10.6. The van der Waals surface area contributed by atoms with E-state index in [0.29, 0.717) is 24.6 Å². The lowest BCUT2D eigenvalue weighted by molar-refractivity contribution is -0.128. The predicted octanol–water partition coefficient (Wildman–Crippen LogP) is 0.827. The molecular weight excluding hydrogens is 246 g/mol. The van der Waals surface area contributed by atoms with Gasteiger partial charge in [0.05, 0.1) is 12.6 Å². The Morgan fingerprint density at radius 1 is 1.53 bits per heavy atom. The largest absolute Gasteiger partial charge is 0.441 e. The quantitative estimate of drug-likeness (QED) is 0.865. The first kappa shape index (κ1) is 12.1. The number of carbonyl (C=O) groups is 1. The molecule has 1 unspecified atom stereocenters. The molecule has 6 heteroatoms. The zero-order chi connectivity index (χ0) is 13.4. The summed E-state index contributed by atoms with van der Waals surface area (Å²) in [6.45, 7) is 2.72. The smallest absolute Gasteiger partial charge is 0.253 e. The second-order valence-corrected chi connectivity index (χ2v) is 4.56. The van der Waals surface area contributed by atoms with Gasteiger partial charge in [0.2, 0.25) is 0 Å². The molecule has 1 aromatic carbocycles. The first-order valence-corrected chi connectivity index (χ1v) is 6.16. The number of aryl methyl sites for hydroxylation is 1. The maximum atomic E-state index is 11.9. The molecule has 1 aliphatic rings. The minimum absolute atomic E-state index is 0.0648. The molecule has 1 fully saturated rings. The van der Waals surface area contributed by atoms with Crippen LogP contribution in [0.4, 0.5) is 5.69 Å². The molecule has 1 saturated heterocycles. The first-order chi connectivity index (χ1) is 9.17. The van der Waals surface area contributed by atoms with E-state index in [1.807, 2.05) is 18.2 Å². The molecule has 0 aliphatic carbocycles. The van der Waals surface area contributed by atoms with Gasteiger partial charge in [0.1, 0.15) is 12.1 Å². The normalized spacial score (nSPS) is 20.2. The molecule has 1 aliphatic heterocycles. The number of nitrogens with two attached hydrogens (primary N) is 1. The van der Waals surface area contributed by atoms with Crippen molar-refractivity contribution >= 4 is 22.7 Å². The maximum Gasteiger partial charge on any atom is 0.253 e. The average Bonchev–Trinajstić information content (AvgIpc) is 2.78. The Bertz CT molecular complexity index is 623. The summed E-state index contributed by atoms with van der Waals surface area (Å²) in [5, 5.41) is 0. The molecule has 0 saturated carbocycles. The molecule has 0 radical (unpaired) electrons. The summed E-state index contributed by atoms with van der Waals surface area (Å²) in [4.78, 5) is 17.8. The molecule has 100 valence electrons. The number of hydrogen-bond acceptors (Lipinski definition) is 5. The van der Waals surface area contributed by atoms with Crippen LogP contribution in [0.25, 0.3) is 11.1 Å². The number of amides is 1.